The molecule has 0 amide bonds. The summed E-state index contributed by atoms with van der Waals surface area (Å²) in [6, 6.07) is 6.83. The van der Waals surface area contributed by atoms with Gasteiger partial charge in [0.2, 0.25) is 0 Å². The van der Waals surface area contributed by atoms with Gasteiger partial charge in [0.05, 0.1) is 10.6 Å². The summed E-state index contributed by atoms with van der Waals surface area (Å²) < 4.78 is 7.02. The highest BCUT2D eigenvalue weighted by Gasteiger charge is 2.27. The second kappa shape index (κ2) is 4.97. The lowest BCUT2D eigenvalue weighted by molar-refractivity contribution is -0.386. The van der Waals surface area contributed by atoms with Gasteiger partial charge in [0, 0.05) is 6.54 Å². The Balaban J connectivity index is 2.50. The molecule has 0 unspecified atom stereocenters. The van der Waals surface area contributed by atoms with Crippen molar-refractivity contribution in [2.45, 2.75) is 20.4 Å². The van der Waals surface area contributed by atoms with Crippen molar-refractivity contribution in [3.05, 3.63) is 40.1 Å². The van der Waals surface area contributed by atoms with Crippen molar-refractivity contribution in [1.29, 1.82) is 0 Å². The first-order chi connectivity index (χ1) is 9.04. The fourth-order valence-corrected chi connectivity index (χ4v) is 1.75. The summed E-state index contributed by atoms with van der Waals surface area (Å²) in [5.41, 5.74) is 6.37. The van der Waals surface area contributed by atoms with Crippen LogP contribution in [0.4, 0.5) is 11.4 Å². The Kier molecular flexibility index (Phi) is 3.37. The van der Waals surface area contributed by atoms with Crippen LogP contribution in [0.3, 0.4) is 0 Å². The Bertz CT molecular complexity index is 621. The molecule has 19 heavy (non-hydrogen) atoms. The SMILES string of the molecule is CCn1nc(C)c([N+](=O)[O-])c1Oc1ccccc1N. The molecule has 2 aromatic rings. The van der Waals surface area contributed by atoms with E-state index in [1.165, 1.54) is 4.68 Å². The van der Waals surface area contributed by atoms with Gasteiger partial charge in [0.25, 0.3) is 5.88 Å². The van der Waals surface area contributed by atoms with Gasteiger partial charge in [0.1, 0.15) is 5.69 Å². The van der Waals surface area contributed by atoms with Gasteiger partial charge in [-0.25, -0.2) is 4.68 Å². The Labute approximate surface area is 109 Å². The third kappa shape index (κ3) is 2.35. The quantitative estimate of drug-likeness (QED) is 0.518. The Morgan fingerprint density at radius 3 is 2.74 bits per heavy atom. The van der Waals surface area contributed by atoms with Crippen molar-refractivity contribution < 1.29 is 9.66 Å². The zero-order chi connectivity index (χ0) is 14.0. The predicted octanol–water partition coefficient (Wildman–Crippen LogP) is 2.49. The third-order valence-electron chi connectivity index (χ3n) is 2.66. The van der Waals surface area contributed by atoms with Crippen LogP contribution in [0.1, 0.15) is 12.6 Å². The molecular weight excluding hydrogens is 248 g/mol. The van der Waals surface area contributed by atoms with E-state index in [2.05, 4.69) is 5.10 Å². The van der Waals surface area contributed by atoms with Gasteiger partial charge in [-0.3, -0.25) is 10.1 Å². The molecule has 2 N–H and O–H groups in total. The smallest absolute Gasteiger partial charge is 0.353 e. The number of para-hydroxylation sites is 2. The van der Waals surface area contributed by atoms with Crippen LogP contribution in [-0.4, -0.2) is 14.7 Å². The Morgan fingerprint density at radius 1 is 1.47 bits per heavy atom. The molecule has 100 valence electrons. The molecule has 0 bridgehead atoms. The van der Waals surface area contributed by atoms with E-state index in [0.717, 1.165) is 0 Å². The van der Waals surface area contributed by atoms with Crippen molar-refractivity contribution in [3.63, 3.8) is 0 Å². The standard InChI is InChI=1S/C12H14N4O3/c1-3-15-12(11(16(17)18)8(2)14-15)19-10-7-5-4-6-9(10)13/h4-7H,3,13H2,1-2H3. The molecule has 0 fully saturated rings. The average Bonchev–Trinajstić information content (AvgIpc) is 2.68. The topological polar surface area (TPSA) is 96.2 Å². The van der Waals surface area contributed by atoms with Crippen LogP contribution in [0, 0.1) is 17.0 Å². The van der Waals surface area contributed by atoms with Crippen LogP contribution in [0.15, 0.2) is 24.3 Å². The number of nitrogens with zero attached hydrogens (tertiary/aromatic N) is 3. The molecule has 0 spiro atoms. The molecular formula is C12H14N4O3. The van der Waals surface area contributed by atoms with Crippen molar-refractivity contribution in [2.75, 3.05) is 5.73 Å². The number of nitrogen functional groups attached to an aromatic ring is 1. The highest BCUT2D eigenvalue weighted by molar-refractivity contribution is 5.56. The zero-order valence-electron chi connectivity index (χ0n) is 10.7. The minimum atomic E-state index is -0.497. The fraction of sp³-hybridized carbons (Fsp3) is 0.250. The molecule has 1 heterocycles. The number of benzene rings is 1. The maximum atomic E-state index is 11.1. The predicted molar refractivity (Wildman–Crippen MR) is 70.2 cm³/mol. The van der Waals surface area contributed by atoms with Crippen molar-refractivity contribution in [1.82, 2.24) is 9.78 Å². The molecule has 0 aliphatic rings. The number of aryl methyl sites for hydroxylation is 2. The number of ether oxygens (including phenoxy) is 1. The lowest BCUT2D eigenvalue weighted by Crippen LogP contribution is -2.02. The highest BCUT2D eigenvalue weighted by Crippen LogP contribution is 2.35. The summed E-state index contributed by atoms with van der Waals surface area (Å²) in [6.45, 7) is 3.87. The number of nitro groups is 1. The molecule has 0 saturated carbocycles. The first-order valence-corrected chi connectivity index (χ1v) is 5.78. The Hall–Kier alpha value is -2.57. The maximum absolute atomic E-state index is 11.1. The third-order valence-corrected chi connectivity index (χ3v) is 2.66. The molecule has 0 aliphatic heterocycles. The minimum Gasteiger partial charge on any atom is -0.432 e. The number of rotatable bonds is 4. The number of anilines is 1. The molecule has 0 radical (unpaired) electrons. The number of aromatic nitrogens is 2. The van der Waals surface area contributed by atoms with Crippen LogP contribution in [0.5, 0.6) is 11.6 Å². The number of hydrogen-bond acceptors (Lipinski definition) is 5. The van der Waals surface area contributed by atoms with E-state index in [4.69, 9.17) is 10.5 Å². The molecule has 0 atom stereocenters. The lowest BCUT2D eigenvalue weighted by atomic mass is 10.3. The minimum absolute atomic E-state index is 0.0999. The van der Waals surface area contributed by atoms with Gasteiger partial charge in [-0.1, -0.05) is 12.1 Å². The van der Waals surface area contributed by atoms with Crippen LogP contribution >= 0.6 is 0 Å². The second-order valence-corrected chi connectivity index (χ2v) is 3.95. The molecule has 2 rings (SSSR count). The summed E-state index contributed by atoms with van der Waals surface area (Å²) in [7, 11) is 0. The van der Waals surface area contributed by atoms with Crippen molar-refractivity contribution in [2.24, 2.45) is 0 Å². The average molecular weight is 262 g/mol. The number of nitrogens with two attached hydrogens (primary N) is 1. The zero-order valence-corrected chi connectivity index (χ0v) is 10.7. The van der Waals surface area contributed by atoms with Crippen LogP contribution in [-0.2, 0) is 6.54 Å². The maximum Gasteiger partial charge on any atom is 0.353 e. The van der Waals surface area contributed by atoms with E-state index in [9.17, 15) is 10.1 Å². The lowest BCUT2D eigenvalue weighted by Gasteiger charge is -2.08. The van der Waals surface area contributed by atoms with E-state index in [1.54, 1.807) is 31.2 Å². The molecule has 0 saturated heterocycles. The molecule has 0 aliphatic carbocycles. The summed E-state index contributed by atoms with van der Waals surface area (Å²) in [4.78, 5) is 10.6. The van der Waals surface area contributed by atoms with Gasteiger partial charge in [-0.05, 0) is 26.0 Å². The molecule has 1 aromatic carbocycles. The van der Waals surface area contributed by atoms with Crippen LogP contribution in [0.2, 0.25) is 0 Å². The monoisotopic (exact) mass is 262 g/mol. The highest BCUT2D eigenvalue weighted by atomic mass is 16.6. The van der Waals surface area contributed by atoms with E-state index in [1.807, 2.05) is 6.92 Å². The summed E-state index contributed by atoms with van der Waals surface area (Å²) >= 11 is 0. The fourth-order valence-electron chi connectivity index (χ4n) is 1.75. The summed E-state index contributed by atoms with van der Waals surface area (Å²) in [5.74, 6) is 0.475. The normalized spacial score (nSPS) is 10.4. The largest absolute Gasteiger partial charge is 0.432 e. The van der Waals surface area contributed by atoms with Gasteiger partial charge in [-0.2, -0.15) is 5.10 Å². The van der Waals surface area contributed by atoms with Crippen molar-refractivity contribution >= 4 is 11.4 Å². The van der Waals surface area contributed by atoms with E-state index >= 15 is 0 Å². The van der Waals surface area contributed by atoms with E-state index < -0.39 is 4.92 Å². The van der Waals surface area contributed by atoms with E-state index in [-0.39, 0.29) is 11.6 Å². The second-order valence-electron chi connectivity index (χ2n) is 3.95. The molecule has 7 heteroatoms. The summed E-state index contributed by atoms with van der Waals surface area (Å²) in [5, 5.41) is 15.2. The molecule has 1 aromatic heterocycles. The Morgan fingerprint density at radius 2 is 2.16 bits per heavy atom. The van der Waals surface area contributed by atoms with Crippen LogP contribution in [0.25, 0.3) is 0 Å². The van der Waals surface area contributed by atoms with Crippen LogP contribution < -0.4 is 10.5 Å². The first kappa shape index (κ1) is 12.9. The van der Waals surface area contributed by atoms with Gasteiger partial charge < -0.3 is 10.5 Å². The van der Waals surface area contributed by atoms with Gasteiger partial charge in [0.15, 0.2) is 5.75 Å². The number of hydrogen-bond donors (Lipinski definition) is 1. The molecule has 7 nitrogen and oxygen atoms in total. The van der Waals surface area contributed by atoms with Gasteiger partial charge in [-0.15, -0.1) is 0 Å². The van der Waals surface area contributed by atoms with Gasteiger partial charge >= 0.3 is 5.69 Å². The first-order valence-electron chi connectivity index (χ1n) is 5.78. The van der Waals surface area contributed by atoms with E-state index in [0.29, 0.717) is 23.7 Å². The summed E-state index contributed by atoms with van der Waals surface area (Å²) in [6.07, 6.45) is 0. The van der Waals surface area contributed by atoms with Crippen molar-refractivity contribution in [3.8, 4) is 11.6 Å².